The summed E-state index contributed by atoms with van der Waals surface area (Å²) >= 11 is 0. The molecule has 1 aromatic heterocycles. The highest BCUT2D eigenvalue weighted by atomic mass is 16.6. The van der Waals surface area contributed by atoms with E-state index in [9.17, 15) is 4.79 Å². The molecule has 5 nitrogen and oxygen atoms in total. The van der Waals surface area contributed by atoms with Gasteiger partial charge in [0.2, 0.25) is 0 Å². The Kier molecular flexibility index (Phi) is 3.64. The Morgan fingerprint density at radius 1 is 1.00 bits per heavy atom. The quantitative estimate of drug-likeness (QED) is 0.788. The number of carbonyl (C=O) groups excluding carboxylic acids is 1. The van der Waals surface area contributed by atoms with Crippen molar-refractivity contribution in [3.63, 3.8) is 0 Å². The van der Waals surface area contributed by atoms with Crippen molar-refractivity contribution in [3.05, 3.63) is 66.9 Å². The van der Waals surface area contributed by atoms with Crippen LogP contribution in [0.25, 0.3) is 11.3 Å². The van der Waals surface area contributed by atoms with Crippen LogP contribution in [0, 0.1) is 0 Å². The van der Waals surface area contributed by atoms with Crippen LogP contribution in [0.15, 0.2) is 71.3 Å². The van der Waals surface area contributed by atoms with Gasteiger partial charge in [-0.2, -0.15) is 4.98 Å². The van der Waals surface area contributed by atoms with E-state index in [4.69, 9.17) is 9.15 Å². The van der Waals surface area contributed by atoms with Gasteiger partial charge in [0.25, 0.3) is 0 Å². The van der Waals surface area contributed by atoms with Crippen molar-refractivity contribution in [2.75, 3.05) is 5.32 Å². The van der Waals surface area contributed by atoms with Gasteiger partial charge in [0.05, 0.1) is 0 Å². The minimum Gasteiger partial charge on any atom is -0.431 e. The predicted octanol–water partition coefficient (Wildman–Crippen LogP) is 3.95. The van der Waals surface area contributed by atoms with E-state index in [-0.39, 0.29) is 6.01 Å². The van der Waals surface area contributed by atoms with Crippen LogP contribution < -0.4 is 10.1 Å². The second-order valence-corrected chi connectivity index (χ2v) is 4.23. The van der Waals surface area contributed by atoms with Crippen molar-refractivity contribution in [2.24, 2.45) is 0 Å². The second-order valence-electron chi connectivity index (χ2n) is 4.23. The second kappa shape index (κ2) is 5.92. The number of benzene rings is 2. The van der Waals surface area contributed by atoms with Crippen LogP contribution in [0.4, 0.5) is 10.8 Å². The lowest BCUT2D eigenvalue weighted by molar-refractivity contribution is 0.214. The third kappa shape index (κ3) is 3.27. The zero-order valence-electron chi connectivity index (χ0n) is 11.0. The van der Waals surface area contributed by atoms with Gasteiger partial charge in [-0.05, 0) is 12.1 Å². The fourth-order valence-electron chi connectivity index (χ4n) is 1.78. The summed E-state index contributed by atoms with van der Waals surface area (Å²) in [6.07, 6.45) is 0.829. The van der Waals surface area contributed by atoms with E-state index < -0.39 is 6.09 Å². The Bertz CT molecular complexity index is 724. The first-order valence-electron chi connectivity index (χ1n) is 6.36. The van der Waals surface area contributed by atoms with Gasteiger partial charge in [-0.15, -0.1) is 0 Å². The molecular weight excluding hydrogens is 268 g/mol. The molecule has 21 heavy (non-hydrogen) atoms. The molecule has 2 aromatic carbocycles. The zero-order chi connectivity index (χ0) is 14.5. The maximum absolute atomic E-state index is 11.7. The average molecular weight is 280 g/mol. The third-order valence-corrected chi connectivity index (χ3v) is 2.74. The Labute approximate surface area is 121 Å². The molecule has 0 aliphatic rings. The molecular formula is C16H12N2O3. The van der Waals surface area contributed by atoms with E-state index in [1.54, 1.807) is 24.3 Å². The molecule has 0 saturated heterocycles. The zero-order valence-corrected chi connectivity index (χ0v) is 11.0. The highest BCUT2D eigenvalue weighted by Gasteiger charge is 2.10. The predicted molar refractivity (Wildman–Crippen MR) is 78.0 cm³/mol. The van der Waals surface area contributed by atoms with E-state index in [0.717, 1.165) is 5.56 Å². The molecule has 0 atom stereocenters. The van der Waals surface area contributed by atoms with Crippen LogP contribution in [-0.2, 0) is 0 Å². The van der Waals surface area contributed by atoms with Crippen LogP contribution in [0.3, 0.4) is 0 Å². The van der Waals surface area contributed by atoms with Crippen LogP contribution in [-0.4, -0.2) is 11.1 Å². The topological polar surface area (TPSA) is 64.4 Å². The average Bonchev–Trinajstić information content (AvgIpc) is 2.97. The molecule has 3 aromatic rings. The standard InChI is InChI=1S/C16H12N2O3/c19-16(21-13-9-5-2-6-10-13)18-15-17-14(11-20-15)12-7-3-1-4-8-12/h1-11H,(H,17,18,19). The number of anilines is 1. The van der Waals surface area contributed by atoms with E-state index in [0.29, 0.717) is 11.4 Å². The molecule has 3 rings (SSSR count). The van der Waals surface area contributed by atoms with Gasteiger partial charge >= 0.3 is 12.1 Å². The summed E-state index contributed by atoms with van der Waals surface area (Å²) in [5.41, 5.74) is 1.55. The van der Waals surface area contributed by atoms with Gasteiger partial charge in [-0.1, -0.05) is 48.5 Å². The number of aromatic nitrogens is 1. The maximum Gasteiger partial charge on any atom is 0.420 e. The van der Waals surface area contributed by atoms with Crippen molar-refractivity contribution in [2.45, 2.75) is 0 Å². The van der Waals surface area contributed by atoms with Gasteiger partial charge < -0.3 is 9.15 Å². The largest absolute Gasteiger partial charge is 0.431 e. The van der Waals surface area contributed by atoms with Crippen molar-refractivity contribution in [1.82, 2.24) is 4.98 Å². The Morgan fingerprint density at radius 2 is 1.67 bits per heavy atom. The number of hydrogen-bond acceptors (Lipinski definition) is 4. The lowest BCUT2D eigenvalue weighted by Gasteiger charge is -2.02. The molecule has 104 valence electrons. The first-order chi connectivity index (χ1) is 10.3. The first kappa shape index (κ1) is 12.9. The highest BCUT2D eigenvalue weighted by molar-refractivity contribution is 5.84. The molecule has 0 fully saturated rings. The fraction of sp³-hybridized carbons (Fsp3) is 0. The molecule has 1 amide bonds. The number of hydrogen-bond donors (Lipinski definition) is 1. The summed E-state index contributed by atoms with van der Waals surface area (Å²) in [4.78, 5) is 15.9. The summed E-state index contributed by atoms with van der Waals surface area (Å²) in [7, 11) is 0. The van der Waals surface area contributed by atoms with Crippen LogP contribution in [0.1, 0.15) is 0 Å². The van der Waals surface area contributed by atoms with Crippen LogP contribution in [0.2, 0.25) is 0 Å². The van der Waals surface area contributed by atoms with Gasteiger partial charge in [-0.25, -0.2) is 10.1 Å². The smallest absolute Gasteiger partial charge is 0.420 e. The Morgan fingerprint density at radius 3 is 2.38 bits per heavy atom. The molecule has 0 bridgehead atoms. The first-order valence-corrected chi connectivity index (χ1v) is 6.36. The normalized spacial score (nSPS) is 10.1. The van der Waals surface area contributed by atoms with Crippen molar-refractivity contribution in [1.29, 1.82) is 0 Å². The van der Waals surface area contributed by atoms with Crippen LogP contribution >= 0.6 is 0 Å². The van der Waals surface area contributed by atoms with Crippen LogP contribution in [0.5, 0.6) is 5.75 Å². The number of ether oxygens (including phenoxy) is 1. The number of amides is 1. The molecule has 0 unspecified atom stereocenters. The minimum atomic E-state index is -0.650. The summed E-state index contributed by atoms with van der Waals surface area (Å²) < 4.78 is 10.3. The third-order valence-electron chi connectivity index (χ3n) is 2.74. The summed E-state index contributed by atoms with van der Waals surface area (Å²) in [6.45, 7) is 0. The monoisotopic (exact) mass is 280 g/mol. The van der Waals surface area contributed by atoms with Gasteiger partial charge in [-0.3, -0.25) is 0 Å². The number of rotatable bonds is 3. The Hall–Kier alpha value is -3.08. The molecule has 5 heteroatoms. The molecule has 1 N–H and O–H groups in total. The lowest BCUT2D eigenvalue weighted by atomic mass is 10.2. The van der Waals surface area contributed by atoms with E-state index >= 15 is 0 Å². The van der Waals surface area contributed by atoms with Crippen molar-refractivity contribution >= 4 is 12.1 Å². The van der Waals surface area contributed by atoms with E-state index in [1.165, 1.54) is 6.26 Å². The van der Waals surface area contributed by atoms with Crippen molar-refractivity contribution < 1.29 is 13.9 Å². The highest BCUT2D eigenvalue weighted by Crippen LogP contribution is 2.20. The molecule has 0 saturated carbocycles. The van der Waals surface area contributed by atoms with Gasteiger partial charge in [0.1, 0.15) is 17.7 Å². The maximum atomic E-state index is 11.7. The Balaban J connectivity index is 1.66. The lowest BCUT2D eigenvalue weighted by Crippen LogP contribution is -2.16. The summed E-state index contributed by atoms with van der Waals surface area (Å²) in [5, 5.41) is 2.44. The van der Waals surface area contributed by atoms with E-state index in [1.807, 2.05) is 36.4 Å². The summed E-state index contributed by atoms with van der Waals surface area (Å²) in [6, 6.07) is 18.4. The number of nitrogens with zero attached hydrogens (tertiary/aromatic N) is 1. The molecule has 0 spiro atoms. The number of oxazole rings is 1. The molecule has 0 aliphatic carbocycles. The summed E-state index contributed by atoms with van der Waals surface area (Å²) in [5.74, 6) is 0.449. The molecule has 0 radical (unpaired) electrons. The van der Waals surface area contributed by atoms with E-state index in [2.05, 4.69) is 10.3 Å². The fourth-order valence-corrected chi connectivity index (χ4v) is 1.78. The molecule has 1 heterocycles. The number of nitrogens with one attached hydrogen (secondary N) is 1. The molecule has 0 aliphatic heterocycles. The van der Waals surface area contributed by atoms with Crippen molar-refractivity contribution in [3.8, 4) is 17.0 Å². The van der Waals surface area contributed by atoms with Gasteiger partial charge in [0.15, 0.2) is 0 Å². The number of carbonyl (C=O) groups is 1. The number of para-hydroxylation sites is 1. The van der Waals surface area contributed by atoms with Gasteiger partial charge in [0, 0.05) is 5.56 Å². The minimum absolute atomic E-state index is 0.0924. The SMILES string of the molecule is O=C(Nc1nc(-c2ccccc2)co1)Oc1ccccc1.